The molecule has 5 nitrogen and oxygen atoms in total. The van der Waals surface area contributed by atoms with Crippen molar-refractivity contribution in [1.82, 2.24) is 9.55 Å². The molecule has 130 valence electrons. The van der Waals surface area contributed by atoms with E-state index < -0.39 is 10.0 Å². The first-order chi connectivity index (χ1) is 12.5. The number of hydrogen-bond donors (Lipinski definition) is 1. The number of nitrogens with zero attached hydrogens (tertiary/aromatic N) is 2. The fourth-order valence-corrected chi connectivity index (χ4v) is 3.91. The van der Waals surface area contributed by atoms with Crippen LogP contribution in [0.1, 0.15) is 5.56 Å². The fraction of sp³-hybridized carbons (Fsp3) is 0.0500. The van der Waals surface area contributed by atoms with Gasteiger partial charge in [-0.3, -0.25) is 9.71 Å². The molecule has 0 spiro atoms. The Labute approximate surface area is 152 Å². The van der Waals surface area contributed by atoms with Crippen LogP contribution in [0.25, 0.3) is 16.6 Å². The van der Waals surface area contributed by atoms with Gasteiger partial charge >= 0.3 is 0 Å². The van der Waals surface area contributed by atoms with Gasteiger partial charge in [0.1, 0.15) is 0 Å². The Morgan fingerprint density at radius 2 is 1.81 bits per heavy atom. The Hall–Kier alpha value is -3.12. The number of sulfonamides is 1. The van der Waals surface area contributed by atoms with Crippen LogP contribution in [-0.2, 0) is 10.0 Å². The van der Waals surface area contributed by atoms with Gasteiger partial charge in [-0.2, -0.15) is 0 Å². The number of nitrogens with one attached hydrogen (secondary N) is 1. The predicted molar refractivity (Wildman–Crippen MR) is 103 cm³/mol. The molecule has 0 amide bonds. The van der Waals surface area contributed by atoms with Crippen molar-refractivity contribution in [3.8, 4) is 5.69 Å². The van der Waals surface area contributed by atoms with Gasteiger partial charge in [-0.1, -0.05) is 17.7 Å². The second-order valence-corrected chi connectivity index (χ2v) is 7.77. The predicted octanol–water partition coefficient (Wildman–Crippen LogP) is 4.13. The van der Waals surface area contributed by atoms with Crippen molar-refractivity contribution >= 4 is 26.6 Å². The van der Waals surface area contributed by atoms with Crippen LogP contribution >= 0.6 is 0 Å². The molecule has 0 radical (unpaired) electrons. The van der Waals surface area contributed by atoms with Gasteiger partial charge in [-0.25, -0.2) is 8.42 Å². The van der Waals surface area contributed by atoms with Crippen LogP contribution in [0.2, 0.25) is 0 Å². The van der Waals surface area contributed by atoms with E-state index >= 15 is 0 Å². The molecule has 0 fully saturated rings. The lowest BCUT2D eigenvalue weighted by Gasteiger charge is -2.09. The second-order valence-electron chi connectivity index (χ2n) is 6.09. The van der Waals surface area contributed by atoms with Gasteiger partial charge in [0.05, 0.1) is 22.3 Å². The molecule has 2 heterocycles. The van der Waals surface area contributed by atoms with E-state index in [-0.39, 0.29) is 4.90 Å². The Morgan fingerprint density at radius 1 is 1.00 bits per heavy atom. The molecule has 2 aromatic carbocycles. The first-order valence-electron chi connectivity index (χ1n) is 8.14. The zero-order valence-corrected chi connectivity index (χ0v) is 14.9. The van der Waals surface area contributed by atoms with Crippen LogP contribution in [0, 0.1) is 6.92 Å². The van der Waals surface area contributed by atoms with Gasteiger partial charge < -0.3 is 4.57 Å². The molecule has 0 aliphatic heterocycles. The molecule has 2 aromatic heterocycles. The maximum absolute atomic E-state index is 12.6. The van der Waals surface area contributed by atoms with Gasteiger partial charge in [-0.05, 0) is 55.5 Å². The van der Waals surface area contributed by atoms with Crippen LogP contribution in [0.15, 0.2) is 84.1 Å². The summed E-state index contributed by atoms with van der Waals surface area (Å²) in [5.41, 5.74) is 3.48. The first-order valence-corrected chi connectivity index (χ1v) is 9.62. The summed E-state index contributed by atoms with van der Waals surface area (Å²) in [6.45, 7) is 1.92. The lowest BCUT2D eigenvalue weighted by molar-refractivity contribution is 0.601. The quantitative estimate of drug-likeness (QED) is 0.593. The van der Waals surface area contributed by atoms with Crippen molar-refractivity contribution in [2.45, 2.75) is 11.8 Å². The number of anilines is 1. The summed E-state index contributed by atoms with van der Waals surface area (Å²) in [5.74, 6) is 0. The highest BCUT2D eigenvalue weighted by atomic mass is 32.2. The standard InChI is InChI=1S/C20H17N3O2S/c1-15-4-7-19(8-5-15)26(24,25)22-17-6-9-20-16(13-17)10-12-23(20)18-3-2-11-21-14-18/h2-14,22H,1H3. The smallest absolute Gasteiger partial charge is 0.261 e. The molecule has 0 saturated carbocycles. The minimum atomic E-state index is -3.61. The van der Waals surface area contributed by atoms with E-state index in [1.54, 1.807) is 42.7 Å². The summed E-state index contributed by atoms with van der Waals surface area (Å²) in [5, 5.41) is 0.943. The van der Waals surface area contributed by atoms with E-state index in [9.17, 15) is 8.42 Å². The molecule has 0 aliphatic rings. The van der Waals surface area contributed by atoms with Gasteiger partial charge in [0.15, 0.2) is 0 Å². The average molecular weight is 363 g/mol. The third-order valence-corrected chi connectivity index (χ3v) is 5.60. The highest BCUT2D eigenvalue weighted by Crippen LogP contribution is 2.25. The molecule has 1 N–H and O–H groups in total. The molecule has 0 unspecified atom stereocenters. The molecule has 0 atom stereocenters. The molecule has 4 rings (SSSR count). The highest BCUT2D eigenvalue weighted by Gasteiger charge is 2.14. The number of benzene rings is 2. The van der Waals surface area contributed by atoms with Gasteiger partial charge in [0.25, 0.3) is 10.0 Å². The highest BCUT2D eigenvalue weighted by molar-refractivity contribution is 7.92. The fourth-order valence-electron chi connectivity index (χ4n) is 2.86. The number of pyridine rings is 1. The van der Waals surface area contributed by atoms with E-state index in [1.165, 1.54) is 0 Å². The molecule has 0 bridgehead atoms. The summed E-state index contributed by atoms with van der Waals surface area (Å²) in [6, 6.07) is 18.1. The van der Waals surface area contributed by atoms with Crippen molar-refractivity contribution in [1.29, 1.82) is 0 Å². The minimum absolute atomic E-state index is 0.246. The Morgan fingerprint density at radius 3 is 2.54 bits per heavy atom. The first kappa shape index (κ1) is 16.4. The molecule has 26 heavy (non-hydrogen) atoms. The number of fused-ring (bicyclic) bond motifs is 1. The van der Waals surface area contributed by atoms with Gasteiger partial charge in [0, 0.05) is 23.5 Å². The van der Waals surface area contributed by atoms with E-state index in [0.717, 1.165) is 22.2 Å². The topological polar surface area (TPSA) is 64.0 Å². The second kappa shape index (κ2) is 6.31. The molecular formula is C20H17N3O2S. The Balaban J connectivity index is 1.67. The monoisotopic (exact) mass is 363 g/mol. The largest absolute Gasteiger partial charge is 0.315 e. The summed E-state index contributed by atoms with van der Waals surface area (Å²) in [4.78, 5) is 4.39. The molecule has 4 aromatic rings. The van der Waals surface area contributed by atoms with Gasteiger partial charge in [0.2, 0.25) is 0 Å². The maximum Gasteiger partial charge on any atom is 0.261 e. The lowest BCUT2D eigenvalue weighted by atomic mass is 10.2. The van der Waals surface area contributed by atoms with Gasteiger partial charge in [-0.15, -0.1) is 0 Å². The Kier molecular flexibility index (Phi) is 3.97. The summed E-state index contributed by atoms with van der Waals surface area (Å²) >= 11 is 0. The van der Waals surface area contributed by atoms with Crippen LogP contribution < -0.4 is 4.72 Å². The van der Waals surface area contributed by atoms with Crippen LogP contribution in [0.4, 0.5) is 5.69 Å². The summed E-state index contributed by atoms with van der Waals surface area (Å²) in [6.07, 6.45) is 5.46. The Bertz CT molecular complexity index is 1160. The summed E-state index contributed by atoms with van der Waals surface area (Å²) in [7, 11) is -3.61. The van der Waals surface area contributed by atoms with Crippen molar-refractivity contribution in [3.63, 3.8) is 0 Å². The van der Waals surface area contributed by atoms with Crippen LogP contribution in [-0.4, -0.2) is 18.0 Å². The zero-order valence-electron chi connectivity index (χ0n) is 14.1. The van der Waals surface area contributed by atoms with E-state index in [1.807, 2.05) is 48.0 Å². The minimum Gasteiger partial charge on any atom is -0.315 e. The van der Waals surface area contributed by atoms with E-state index in [0.29, 0.717) is 5.69 Å². The third kappa shape index (κ3) is 3.07. The number of hydrogen-bond acceptors (Lipinski definition) is 3. The van der Waals surface area contributed by atoms with Crippen LogP contribution in [0.5, 0.6) is 0 Å². The van der Waals surface area contributed by atoms with Crippen molar-refractivity contribution in [2.24, 2.45) is 0 Å². The number of aromatic nitrogens is 2. The number of aryl methyl sites for hydroxylation is 1. The molecular weight excluding hydrogens is 346 g/mol. The maximum atomic E-state index is 12.6. The zero-order chi connectivity index (χ0) is 18.1. The lowest BCUT2D eigenvalue weighted by Crippen LogP contribution is -2.12. The third-order valence-electron chi connectivity index (χ3n) is 4.20. The summed E-state index contributed by atoms with van der Waals surface area (Å²) < 4.78 is 29.8. The average Bonchev–Trinajstić information content (AvgIpc) is 3.05. The molecule has 0 aliphatic carbocycles. The van der Waals surface area contributed by atoms with Crippen molar-refractivity contribution < 1.29 is 8.42 Å². The molecule has 6 heteroatoms. The van der Waals surface area contributed by atoms with E-state index in [4.69, 9.17) is 0 Å². The molecule has 0 saturated heterocycles. The SMILES string of the molecule is Cc1ccc(S(=O)(=O)Nc2ccc3c(ccn3-c3cccnc3)c2)cc1. The van der Waals surface area contributed by atoms with Crippen molar-refractivity contribution in [3.05, 3.63) is 84.8 Å². The van der Waals surface area contributed by atoms with Crippen LogP contribution in [0.3, 0.4) is 0 Å². The number of rotatable bonds is 4. The van der Waals surface area contributed by atoms with E-state index in [2.05, 4.69) is 9.71 Å². The van der Waals surface area contributed by atoms with Crippen molar-refractivity contribution in [2.75, 3.05) is 4.72 Å². The normalized spacial score (nSPS) is 11.6.